The predicted molar refractivity (Wildman–Crippen MR) is 113 cm³/mol. The molecule has 8 heteroatoms. The Labute approximate surface area is 183 Å². The quantitative estimate of drug-likeness (QED) is 0.298. The van der Waals surface area contributed by atoms with Gasteiger partial charge in [-0.2, -0.15) is 0 Å². The van der Waals surface area contributed by atoms with Crippen molar-refractivity contribution in [1.82, 2.24) is 0 Å². The summed E-state index contributed by atoms with van der Waals surface area (Å²) in [4.78, 5) is 34.0. The van der Waals surface area contributed by atoms with E-state index in [2.05, 4.69) is 36.4 Å². The molecule has 5 aliphatic carbocycles. The second-order valence-corrected chi connectivity index (χ2v) is 9.20. The second kappa shape index (κ2) is 6.72. The Hall–Kier alpha value is -3.55. The van der Waals surface area contributed by atoms with Crippen LogP contribution >= 0.6 is 0 Å². The van der Waals surface area contributed by atoms with Gasteiger partial charge in [0.25, 0.3) is 11.4 Å². The van der Waals surface area contributed by atoms with Crippen molar-refractivity contribution in [2.24, 2.45) is 23.7 Å². The number of fused-ring (bicyclic) bond motifs is 3. The Morgan fingerprint density at radius 3 is 2.00 bits per heavy atom. The highest BCUT2D eigenvalue weighted by molar-refractivity contribution is 5.94. The van der Waals surface area contributed by atoms with Crippen LogP contribution in [-0.2, 0) is 4.74 Å². The van der Waals surface area contributed by atoms with E-state index in [0.29, 0.717) is 23.7 Å². The van der Waals surface area contributed by atoms with Gasteiger partial charge in [0, 0.05) is 17.9 Å². The largest absolute Gasteiger partial charge is 0.457 e. The molecule has 7 rings (SSSR count). The maximum absolute atomic E-state index is 13.0. The number of esters is 1. The highest BCUT2D eigenvalue weighted by atomic mass is 16.6. The van der Waals surface area contributed by atoms with Crippen molar-refractivity contribution < 1.29 is 19.4 Å². The first-order chi connectivity index (χ1) is 15.5. The molecule has 2 aromatic rings. The molecule has 0 aliphatic heterocycles. The third kappa shape index (κ3) is 2.52. The van der Waals surface area contributed by atoms with Crippen molar-refractivity contribution in [1.29, 1.82) is 0 Å². The minimum Gasteiger partial charge on any atom is -0.457 e. The topological polar surface area (TPSA) is 113 Å². The van der Waals surface area contributed by atoms with Crippen LogP contribution in [0.25, 0.3) is 0 Å². The zero-order valence-corrected chi connectivity index (χ0v) is 17.0. The summed E-state index contributed by atoms with van der Waals surface area (Å²) < 4.78 is 5.92. The normalized spacial score (nSPS) is 32.9. The molecule has 4 bridgehead atoms. The first-order valence-electron chi connectivity index (χ1n) is 10.9. The number of nitro benzene ring substituents is 2. The molecule has 6 atom stereocenters. The zero-order chi connectivity index (χ0) is 22.1. The molecule has 6 unspecified atom stereocenters. The summed E-state index contributed by atoms with van der Waals surface area (Å²) >= 11 is 0. The molecule has 0 amide bonds. The molecule has 8 nitrogen and oxygen atoms in total. The minimum absolute atomic E-state index is 0.0900. The molecular formula is C24H20N2O6. The third-order valence-corrected chi connectivity index (χ3v) is 8.01. The van der Waals surface area contributed by atoms with E-state index < -0.39 is 27.2 Å². The molecule has 32 heavy (non-hydrogen) atoms. The van der Waals surface area contributed by atoms with Gasteiger partial charge in [0.2, 0.25) is 0 Å². The smallest absolute Gasteiger partial charge is 0.345 e. The number of hydrogen-bond acceptors (Lipinski definition) is 6. The first kappa shape index (κ1) is 19.2. The van der Waals surface area contributed by atoms with E-state index in [-0.39, 0.29) is 23.5 Å². The summed E-state index contributed by atoms with van der Waals surface area (Å²) in [5, 5.41) is 22.5. The van der Waals surface area contributed by atoms with E-state index >= 15 is 0 Å². The van der Waals surface area contributed by atoms with Gasteiger partial charge in [-0.05, 0) is 53.7 Å². The SMILES string of the molecule is O=C(OC1C2C=CC1C1C3CCC(c4ccccc43)C21)c1ccc([N+](=O)[O-])cc1[N+](=O)[O-]. The van der Waals surface area contributed by atoms with Gasteiger partial charge in [-0.15, -0.1) is 0 Å². The molecule has 2 saturated carbocycles. The Bertz CT molecular complexity index is 1160. The fourth-order valence-electron chi connectivity index (χ4n) is 6.97. The summed E-state index contributed by atoms with van der Waals surface area (Å²) in [6.45, 7) is 0. The first-order valence-corrected chi connectivity index (χ1v) is 10.9. The Kier molecular flexibility index (Phi) is 4.02. The number of hydrogen-bond donors (Lipinski definition) is 0. The number of benzene rings is 2. The van der Waals surface area contributed by atoms with Crippen LogP contribution in [0.5, 0.6) is 0 Å². The Morgan fingerprint density at radius 2 is 1.47 bits per heavy atom. The molecular weight excluding hydrogens is 412 g/mol. The number of nitro groups is 2. The molecule has 5 aliphatic rings. The monoisotopic (exact) mass is 432 g/mol. The van der Waals surface area contributed by atoms with Crippen LogP contribution in [-0.4, -0.2) is 21.9 Å². The number of carbonyl (C=O) groups is 1. The van der Waals surface area contributed by atoms with Gasteiger partial charge in [-0.3, -0.25) is 20.2 Å². The lowest BCUT2D eigenvalue weighted by molar-refractivity contribution is -0.394. The number of ether oxygens (including phenoxy) is 1. The van der Waals surface area contributed by atoms with Crippen molar-refractivity contribution in [3.63, 3.8) is 0 Å². The van der Waals surface area contributed by atoms with Crippen LogP contribution in [0.2, 0.25) is 0 Å². The Balaban J connectivity index is 1.31. The van der Waals surface area contributed by atoms with Crippen LogP contribution in [0.3, 0.4) is 0 Å². The zero-order valence-electron chi connectivity index (χ0n) is 17.0. The highest BCUT2D eigenvalue weighted by Gasteiger charge is 2.62. The molecule has 0 saturated heterocycles. The van der Waals surface area contributed by atoms with Crippen molar-refractivity contribution >= 4 is 17.3 Å². The van der Waals surface area contributed by atoms with Gasteiger partial charge < -0.3 is 4.74 Å². The summed E-state index contributed by atoms with van der Waals surface area (Å²) in [6, 6.07) is 11.6. The van der Waals surface area contributed by atoms with E-state index in [0.717, 1.165) is 31.0 Å². The molecule has 162 valence electrons. The van der Waals surface area contributed by atoms with Gasteiger partial charge in [0.15, 0.2) is 0 Å². The lowest BCUT2D eigenvalue weighted by atomic mass is 9.54. The fraction of sp³-hybridized carbons (Fsp3) is 0.375. The molecule has 0 spiro atoms. The van der Waals surface area contributed by atoms with E-state index in [1.54, 1.807) is 0 Å². The standard InChI is InChI=1S/C24H20N2O6/c27-24(17-6-5-12(25(28)29)11-20(17)26(30)31)32-23-18-9-10-19(23)22-16-8-7-15(21(18)22)13-3-1-2-4-14(13)16/h1-6,9-11,15-16,18-19,21-23H,7-8H2. The maximum atomic E-state index is 13.0. The second-order valence-electron chi connectivity index (χ2n) is 9.20. The molecule has 0 radical (unpaired) electrons. The molecule has 0 N–H and O–H groups in total. The van der Waals surface area contributed by atoms with Crippen LogP contribution < -0.4 is 0 Å². The summed E-state index contributed by atoms with van der Waals surface area (Å²) in [5.41, 5.74) is 1.55. The van der Waals surface area contributed by atoms with Crippen molar-refractivity contribution in [2.75, 3.05) is 0 Å². The molecule has 0 aromatic heterocycles. The third-order valence-electron chi connectivity index (χ3n) is 8.01. The van der Waals surface area contributed by atoms with Crippen molar-refractivity contribution in [3.05, 3.63) is 91.5 Å². The number of non-ortho nitro benzene ring substituents is 1. The van der Waals surface area contributed by atoms with E-state index in [1.807, 2.05) is 0 Å². The summed E-state index contributed by atoms with van der Waals surface area (Å²) in [5.74, 6) is 1.08. The van der Waals surface area contributed by atoms with Crippen LogP contribution in [0.15, 0.2) is 54.6 Å². The maximum Gasteiger partial charge on any atom is 0.345 e. The van der Waals surface area contributed by atoms with Crippen LogP contribution in [0, 0.1) is 43.9 Å². The van der Waals surface area contributed by atoms with E-state index in [1.165, 1.54) is 11.1 Å². The van der Waals surface area contributed by atoms with E-state index in [4.69, 9.17) is 4.74 Å². The van der Waals surface area contributed by atoms with Gasteiger partial charge >= 0.3 is 5.97 Å². The van der Waals surface area contributed by atoms with Gasteiger partial charge in [0.1, 0.15) is 11.7 Å². The molecule has 2 aromatic carbocycles. The fourth-order valence-corrected chi connectivity index (χ4v) is 6.97. The summed E-state index contributed by atoms with van der Waals surface area (Å²) in [6.07, 6.45) is 6.21. The van der Waals surface area contributed by atoms with Crippen molar-refractivity contribution in [3.8, 4) is 0 Å². The number of carbonyl (C=O) groups excluding carboxylic acids is 1. The Morgan fingerprint density at radius 1 is 0.875 bits per heavy atom. The predicted octanol–water partition coefficient (Wildman–Crippen LogP) is 4.75. The number of rotatable bonds is 4. The van der Waals surface area contributed by atoms with E-state index in [9.17, 15) is 25.0 Å². The summed E-state index contributed by atoms with van der Waals surface area (Å²) in [7, 11) is 0. The minimum atomic E-state index is -0.793. The van der Waals surface area contributed by atoms with Crippen LogP contribution in [0.4, 0.5) is 11.4 Å². The average Bonchev–Trinajstić information content (AvgIpc) is 3.35. The average molecular weight is 432 g/mol. The number of nitrogens with zero attached hydrogens (tertiary/aromatic N) is 2. The highest BCUT2D eigenvalue weighted by Crippen LogP contribution is 2.67. The van der Waals surface area contributed by atoms with Crippen molar-refractivity contribution in [2.45, 2.75) is 30.8 Å². The van der Waals surface area contributed by atoms with Gasteiger partial charge in [-0.25, -0.2) is 4.79 Å². The lowest BCUT2D eigenvalue weighted by Gasteiger charge is -2.50. The van der Waals surface area contributed by atoms with Gasteiger partial charge in [-0.1, -0.05) is 36.4 Å². The van der Waals surface area contributed by atoms with Crippen LogP contribution in [0.1, 0.15) is 46.2 Å². The van der Waals surface area contributed by atoms with Gasteiger partial charge in [0.05, 0.1) is 15.9 Å². The molecule has 0 heterocycles. The lowest BCUT2D eigenvalue weighted by Crippen LogP contribution is -2.40. The molecule has 2 fully saturated rings.